The van der Waals surface area contributed by atoms with Crippen molar-refractivity contribution in [1.82, 2.24) is 0 Å². The van der Waals surface area contributed by atoms with Crippen LogP contribution in [0.4, 0.5) is 13.2 Å². The van der Waals surface area contributed by atoms with Gasteiger partial charge >= 0.3 is 0 Å². The smallest absolute Gasteiger partial charge is 0.173 e. The van der Waals surface area contributed by atoms with E-state index in [0.717, 1.165) is 12.1 Å². The molecule has 0 aromatic heterocycles. The number of hydrogen-bond donors (Lipinski definition) is 0. The van der Waals surface area contributed by atoms with Crippen molar-refractivity contribution in [2.24, 2.45) is 0 Å². The van der Waals surface area contributed by atoms with Crippen LogP contribution in [0.5, 0.6) is 11.5 Å². The Morgan fingerprint density at radius 2 is 1.79 bits per heavy atom. The fourth-order valence-corrected chi connectivity index (χ4v) is 1.55. The maximum Gasteiger partial charge on any atom is 0.173 e. The van der Waals surface area contributed by atoms with Gasteiger partial charge in [0.2, 0.25) is 0 Å². The number of carbonyl (C=O) groups is 1. The molecule has 0 heterocycles. The van der Waals surface area contributed by atoms with E-state index in [4.69, 9.17) is 16.3 Å². The highest BCUT2D eigenvalue weighted by atomic mass is 35.5. The van der Waals surface area contributed by atoms with Gasteiger partial charge in [-0.25, -0.2) is 13.2 Å². The summed E-state index contributed by atoms with van der Waals surface area (Å²) in [7, 11) is 0. The monoisotopic (exact) mass is 286 g/mol. The lowest BCUT2D eigenvalue weighted by atomic mass is 10.2. The van der Waals surface area contributed by atoms with Crippen LogP contribution in [0, 0.1) is 17.5 Å². The largest absolute Gasteiger partial charge is 0.453 e. The number of hydrogen-bond acceptors (Lipinski definition) is 2. The van der Waals surface area contributed by atoms with E-state index in [1.54, 1.807) is 0 Å². The van der Waals surface area contributed by atoms with Crippen molar-refractivity contribution in [2.75, 3.05) is 0 Å². The van der Waals surface area contributed by atoms with Crippen LogP contribution >= 0.6 is 11.6 Å². The van der Waals surface area contributed by atoms with E-state index in [2.05, 4.69) is 0 Å². The molecule has 0 saturated heterocycles. The molecular weight excluding hydrogens is 281 g/mol. The third kappa shape index (κ3) is 2.88. The summed E-state index contributed by atoms with van der Waals surface area (Å²) in [5.74, 6) is -3.25. The summed E-state index contributed by atoms with van der Waals surface area (Å²) in [6.07, 6.45) is 0.244. The normalized spacial score (nSPS) is 10.3. The van der Waals surface area contributed by atoms with E-state index in [9.17, 15) is 18.0 Å². The van der Waals surface area contributed by atoms with Gasteiger partial charge in [0.15, 0.2) is 17.9 Å². The Morgan fingerprint density at radius 3 is 2.42 bits per heavy atom. The summed E-state index contributed by atoms with van der Waals surface area (Å²) in [5, 5.41) is -0.123. The summed E-state index contributed by atoms with van der Waals surface area (Å²) < 4.78 is 44.7. The lowest BCUT2D eigenvalue weighted by molar-refractivity contribution is 0.112. The number of rotatable bonds is 3. The first kappa shape index (κ1) is 13.4. The Kier molecular flexibility index (Phi) is 3.76. The van der Waals surface area contributed by atoms with Gasteiger partial charge in [-0.15, -0.1) is 0 Å². The molecule has 98 valence electrons. The highest BCUT2D eigenvalue weighted by molar-refractivity contribution is 6.30. The van der Waals surface area contributed by atoms with Gasteiger partial charge in [0.25, 0.3) is 0 Å². The summed E-state index contributed by atoms with van der Waals surface area (Å²) in [4.78, 5) is 10.7. The Hall–Kier alpha value is -2.01. The summed E-state index contributed by atoms with van der Waals surface area (Å²) in [5.41, 5.74) is -0.312. The maximum atomic E-state index is 13.5. The average molecular weight is 287 g/mol. The van der Waals surface area contributed by atoms with Crippen molar-refractivity contribution < 1.29 is 22.7 Å². The van der Waals surface area contributed by atoms with Crippen molar-refractivity contribution in [3.8, 4) is 11.5 Å². The van der Waals surface area contributed by atoms with Crippen LogP contribution in [0.15, 0.2) is 30.3 Å². The molecule has 2 aromatic carbocycles. The molecule has 0 spiro atoms. The highest BCUT2D eigenvalue weighted by Crippen LogP contribution is 2.30. The van der Waals surface area contributed by atoms with E-state index in [-0.39, 0.29) is 22.6 Å². The van der Waals surface area contributed by atoms with Crippen LogP contribution in [-0.4, -0.2) is 6.29 Å². The molecule has 0 aliphatic rings. The molecule has 0 radical (unpaired) electrons. The SMILES string of the molecule is O=Cc1cc(F)cc(F)c1Oc1ccc(Cl)c(F)c1. The van der Waals surface area contributed by atoms with Gasteiger partial charge in [0, 0.05) is 12.1 Å². The van der Waals surface area contributed by atoms with Gasteiger partial charge in [-0.2, -0.15) is 0 Å². The highest BCUT2D eigenvalue weighted by Gasteiger charge is 2.14. The minimum absolute atomic E-state index is 0.0597. The van der Waals surface area contributed by atoms with Crippen molar-refractivity contribution in [2.45, 2.75) is 0 Å². The van der Waals surface area contributed by atoms with E-state index in [1.165, 1.54) is 12.1 Å². The predicted octanol–water partition coefficient (Wildman–Crippen LogP) is 4.36. The number of ether oxygens (including phenoxy) is 1. The molecule has 0 aliphatic heterocycles. The standard InChI is InChI=1S/C13H6ClF3O2/c14-10-2-1-9(5-11(10)16)19-13-7(6-18)3-8(15)4-12(13)17/h1-6H. The minimum atomic E-state index is -1.06. The molecule has 2 rings (SSSR count). The zero-order chi connectivity index (χ0) is 14.0. The van der Waals surface area contributed by atoms with Gasteiger partial charge in [-0.3, -0.25) is 4.79 Å². The van der Waals surface area contributed by atoms with Gasteiger partial charge in [0.1, 0.15) is 17.4 Å². The zero-order valence-electron chi connectivity index (χ0n) is 9.29. The first-order valence-corrected chi connectivity index (χ1v) is 5.46. The van der Waals surface area contributed by atoms with Gasteiger partial charge < -0.3 is 4.74 Å². The molecule has 6 heteroatoms. The number of halogens is 4. The third-order valence-corrected chi connectivity index (χ3v) is 2.58. The van der Waals surface area contributed by atoms with Crippen LogP contribution < -0.4 is 4.74 Å². The Balaban J connectivity index is 2.42. The second-order valence-corrected chi connectivity index (χ2v) is 4.01. The Bertz CT molecular complexity index is 644. The lowest BCUT2D eigenvalue weighted by Gasteiger charge is -2.09. The third-order valence-electron chi connectivity index (χ3n) is 2.28. The predicted molar refractivity (Wildman–Crippen MR) is 63.2 cm³/mol. The van der Waals surface area contributed by atoms with Crippen LogP contribution in [-0.2, 0) is 0 Å². The first-order valence-electron chi connectivity index (χ1n) is 5.08. The van der Waals surface area contributed by atoms with Crippen molar-refractivity contribution >= 4 is 17.9 Å². The molecule has 0 amide bonds. The molecule has 2 aromatic rings. The zero-order valence-corrected chi connectivity index (χ0v) is 10.0. The molecule has 0 N–H and O–H groups in total. The van der Waals surface area contributed by atoms with Crippen LogP contribution in [0.25, 0.3) is 0 Å². The molecule has 2 nitrogen and oxygen atoms in total. The van der Waals surface area contributed by atoms with Gasteiger partial charge in [-0.05, 0) is 18.2 Å². The second-order valence-electron chi connectivity index (χ2n) is 3.60. The summed E-state index contributed by atoms with van der Waals surface area (Å²) in [6.45, 7) is 0. The average Bonchev–Trinajstić information content (AvgIpc) is 2.36. The van der Waals surface area contributed by atoms with Crippen LogP contribution in [0.3, 0.4) is 0 Å². The van der Waals surface area contributed by atoms with Crippen molar-refractivity contribution in [1.29, 1.82) is 0 Å². The van der Waals surface area contributed by atoms with Crippen molar-refractivity contribution in [3.05, 3.63) is 58.4 Å². The molecule has 0 aliphatic carbocycles. The fraction of sp³-hybridized carbons (Fsp3) is 0. The number of aldehydes is 1. The first-order chi connectivity index (χ1) is 9.01. The molecule has 0 bridgehead atoms. The van der Waals surface area contributed by atoms with E-state index >= 15 is 0 Å². The van der Waals surface area contributed by atoms with Crippen molar-refractivity contribution in [3.63, 3.8) is 0 Å². The molecular formula is C13H6ClF3O2. The second kappa shape index (κ2) is 5.32. The van der Waals surface area contributed by atoms with Crippen LogP contribution in [0.2, 0.25) is 5.02 Å². The quantitative estimate of drug-likeness (QED) is 0.784. The minimum Gasteiger partial charge on any atom is -0.453 e. The topological polar surface area (TPSA) is 26.3 Å². The molecule has 0 unspecified atom stereocenters. The Labute approximate surface area is 111 Å². The Morgan fingerprint density at radius 1 is 1.05 bits per heavy atom. The molecule has 0 atom stereocenters. The lowest BCUT2D eigenvalue weighted by Crippen LogP contribution is -1.96. The number of carbonyl (C=O) groups excluding carboxylic acids is 1. The van der Waals surface area contributed by atoms with E-state index in [0.29, 0.717) is 6.07 Å². The summed E-state index contributed by atoms with van der Waals surface area (Å²) >= 11 is 5.48. The summed E-state index contributed by atoms with van der Waals surface area (Å²) in [6, 6.07) is 4.82. The molecule has 19 heavy (non-hydrogen) atoms. The van der Waals surface area contributed by atoms with E-state index in [1.807, 2.05) is 0 Å². The van der Waals surface area contributed by atoms with E-state index < -0.39 is 23.2 Å². The van der Waals surface area contributed by atoms with Gasteiger partial charge in [0.05, 0.1) is 10.6 Å². The van der Waals surface area contributed by atoms with Crippen LogP contribution in [0.1, 0.15) is 10.4 Å². The van der Waals surface area contributed by atoms with Gasteiger partial charge in [-0.1, -0.05) is 11.6 Å². The number of benzene rings is 2. The molecule has 0 fully saturated rings. The fourth-order valence-electron chi connectivity index (χ4n) is 1.43. The molecule has 0 saturated carbocycles. The maximum absolute atomic E-state index is 13.5.